The average Bonchev–Trinajstić information content (AvgIpc) is 1.99. The van der Waals surface area contributed by atoms with E-state index in [2.05, 4.69) is 62.0 Å². The molecule has 0 fully saturated rings. The maximum atomic E-state index is 3.48. The second-order valence-electron chi connectivity index (χ2n) is 2.24. The first-order chi connectivity index (χ1) is 5.25. The van der Waals surface area contributed by atoms with Crippen LogP contribution in [0.4, 0.5) is 0 Å². The van der Waals surface area contributed by atoms with Crippen molar-refractivity contribution < 1.29 is 0 Å². The van der Waals surface area contributed by atoms with Crippen LogP contribution in [0.25, 0.3) is 0 Å². The Bertz CT molecular complexity index is 250. The molecule has 0 saturated heterocycles. The maximum Gasteiger partial charge on any atom is 0.0317 e. The van der Waals surface area contributed by atoms with Crippen molar-refractivity contribution >= 4 is 38.5 Å². The molecule has 0 aliphatic carbocycles. The number of nitrogens with one attached hydrogen (secondary N) is 1. The van der Waals surface area contributed by atoms with Crippen LogP contribution in [-0.4, -0.2) is 7.05 Å². The van der Waals surface area contributed by atoms with Gasteiger partial charge in [0.05, 0.1) is 0 Å². The highest BCUT2D eigenvalue weighted by Crippen LogP contribution is 2.22. The molecule has 0 heterocycles. The molecule has 1 aromatic rings. The quantitative estimate of drug-likeness (QED) is 0.824. The molecule has 1 nitrogen and oxygen atoms in total. The minimum Gasteiger partial charge on any atom is -0.316 e. The molecule has 0 aliphatic heterocycles. The standard InChI is InChI=1S/C8H9BrIN/c1-11-5-6-3-2-4-7(9)8(6)10/h2-4,11H,5H2,1H3. The molecular formula is C8H9BrIN. The van der Waals surface area contributed by atoms with Gasteiger partial charge in [-0.3, -0.25) is 0 Å². The van der Waals surface area contributed by atoms with Crippen LogP contribution in [0, 0.1) is 3.57 Å². The molecule has 0 aliphatic rings. The molecule has 0 saturated carbocycles. The van der Waals surface area contributed by atoms with Gasteiger partial charge in [0.2, 0.25) is 0 Å². The van der Waals surface area contributed by atoms with Crippen molar-refractivity contribution in [1.29, 1.82) is 0 Å². The van der Waals surface area contributed by atoms with Gasteiger partial charge < -0.3 is 5.32 Å². The van der Waals surface area contributed by atoms with Crippen LogP contribution in [0.2, 0.25) is 0 Å². The summed E-state index contributed by atoms with van der Waals surface area (Å²) in [7, 11) is 1.96. The fourth-order valence-electron chi connectivity index (χ4n) is 0.875. The van der Waals surface area contributed by atoms with Gasteiger partial charge in [-0.2, -0.15) is 0 Å². The lowest BCUT2D eigenvalue weighted by molar-refractivity contribution is 0.813. The summed E-state index contributed by atoms with van der Waals surface area (Å²) in [4.78, 5) is 0. The van der Waals surface area contributed by atoms with Crippen LogP contribution in [0.3, 0.4) is 0 Å². The second kappa shape index (κ2) is 4.42. The Morgan fingerprint density at radius 1 is 1.55 bits per heavy atom. The van der Waals surface area contributed by atoms with Crippen LogP contribution in [-0.2, 0) is 6.54 Å². The lowest BCUT2D eigenvalue weighted by Gasteiger charge is -2.04. The Morgan fingerprint density at radius 2 is 2.27 bits per heavy atom. The van der Waals surface area contributed by atoms with E-state index in [1.165, 1.54) is 13.6 Å². The van der Waals surface area contributed by atoms with Crippen molar-refractivity contribution in [3.63, 3.8) is 0 Å². The molecule has 0 amide bonds. The highest BCUT2D eigenvalue weighted by Gasteiger charge is 2.00. The molecule has 0 unspecified atom stereocenters. The molecule has 0 aromatic heterocycles. The third-order valence-corrected chi connectivity index (χ3v) is 4.07. The topological polar surface area (TPSA) is 12.0 Å². The molecule has 0 radical (unpaired) electrons. The van der Waals surface area contributed by atoms with Crippen molar-refractivity contribution in [1.82, 2.24) is 5.32 Å². The van der Waals surface area contributed by atoms with Gasteiger partial charge >= 0.3 is 0 Å². The zero-order chi connectivity index (χ0) is 8.27. The predicted octanol–water partition coefficient (Wildman–Crippen LogP) is 2.77. The lowest BCUT2D eigenvalue weighted by Crippen LogP contribution is -2.06. The molecular weight excluding hydrogens is 317 g/mol. The summed E-state index contributed by atoms with van der Waals surface area (Å²) in [5, 5.41) is 3.13. The number of benzene rings is 1. The third-order valence-electron chi connectivity index (χ3n) is 1.40. The van der Waals surface area contributed by atoms with Crippen molar-refractivity contribution in [2.24, 2.45) is 0 Å². The number of hydrogen-bond acceptors (Lipinski definition) is 1. The van der Waals surface area contributed by atoms with Gasteiger partial charge in [-0.05, 0) is 57.2 Å². The SMILES string of the molecule is CNCc1cccc(Br)c1I. The highest BCUT2D eigenvalue weighted by atomic mass is 127. The number of rotatable bonds is 2. The molecule has 1 rings (SSSR count). The monoisotopic (exact) mass is 325 g/mol. The molecule has 11 heavy (non-hydrogen) atoms. The molecule has 0 spiro atoms. The molecule has 60 valence electrons. The first-order valence-corrected chi connectivity index (χ1v) is 5.20. The van der Waals surface area contributed by atoms with E-state index < -0.39 is 0 Å². The van der Waals surface area contributed by atoms with E-state index in [9.17, 15) is 0 Å². The summed E-state index contributed by atoms with van der Waals surface area (Å²) in [5.74, 6) is 0. The predicted molar refractivity (Wildman–Crippen MR) is 59.6 cm³/mol. The van der Waals surface area contributed by atoms with Crippen molar-refractivity contribution in [3.05, 3.63) is 31.8 Å². The van der Waals surface area contributed by atoms with Gasteiger partial charge in [0.25, 0.3) is 0 Å². The van der Waals surface area contributed by atoms with Crippen molar-refractivity contribution in [2.75, 3.05) is 7.05 Å². The zero-order valence-electron chi connectivity index (χ0n) is 6.20. The third kappa shape index (κ3) is 2.42. The Hall–Kier alpha value is 0.390. The molecule has 0 bridgehead atoms. The van der Waals surface area contributed by atoms with Crippen LogP contribution in [0.5, 0.6) is 0 Å². The van der Waals surface area contributed by atoms with E-state index in [4.69, 9.17) is 0 Å². The lowest BCUT2D eigenvalue weighted by atomic mass is 10.2. The largest absolute Gasteiger partial charge is 0.316 e. The van der Waals surface area contributed by atoms with Gasteiger partial charge in [-0.1, -0.05) is 12.1 Å². The molecule has 0 atom stereocenters. The summed E-state index contributed by atoms with van der Waals surface area (Å²) in [5.41, 5.74) is 1.34. The van der Waals surface area contributed by atoms with Crippen LogP contribution < -0.4 is 5.32 Å². The van der Waals surface area contributed by atoms with Gasteiger partial charge in [0.15, 0.2) is 0 Å². The van der Waals surface area contributed by atoms with E-state index in [1.54, 1.807) is 0 Å². The number of hydrogen-bond donors (Lipinski definition) is 1. The van der Waals surface area contributed by atoms with E-state index in [0.717, 1.165) is 6.54 Å². The van der Waals surface area contributed by atoms with Crippen molar-refractivity contribution in [2.45, 2.75) is 6.54 Å². The summed E-state index contributed by atoms with van der Waals surface area (Å²) in [6.07, 6.45) is 0. The fraction of sp³-hybridized carbons (Fsp3) is 0.250. The van der Waals surface area contributed by atoms with Gasteiger partial charge in [0.1, 0.15) is 0 Å². The summed E-state index contributed by atoms with van der Waals surface area (Å²) in [6.45, 7) is 0.928. The Morgan fingerprint density at radius 3 is 2.91 bits per heavy atom. The molecule has 3 heteroatoms. The van der Waals surface area contributed by atoms with Crippen LogP contribution in [0.15, 0.2) is 22.7 Å². The maximum absolute atomic E-state index is 3.48. The van der Waals surface area contributed by atoms with Crippen molar-refractivity contribution in [3.8, 4) is 0 Å². The van der Waals surface area contributed by atoms with E-state index in [1.807, 2.05) is 7.05 Å². The van der Waals surface area contributed by atoms with Gasteiger partial charge in [-0.15, -0.1) is 0 Å². The first-order valence-electron chi connectivity index (χ1n) is 3.33. The minimum atomic E-state index is 0.928. The van der Waals surface area contributed by atoms with Crippen LogP contribution >= 0.6 is 38.5 Å². The number of halogens is 2. The minimum absolute atomic E-state index is 0.928. The summed E-state index contributed by atoms with van der Waals surface area (Å²) < 4.78 is 2.46. The smallest absolute Gasteiger partial charge is 0.0317 e. The second-order valence-corrected chi connectivity index (χ2v) is 4.18. The first kappa shape index (κ1) is 9.48. The Kier molecular flexibility index (Phi) is 3.81. The Labute approximate surface area is 88.8 Å². The van der Waals surface area contributed by atoms with E-state index in [-0.39, 0.29) is 0 Å². The average molecular weight is 326 g/mol. The summed E-state index contributed by atoms with van der Waals surface area (Å²) in [6, 6.07) is 6.24. The van der Waals surface area contributed by atoms with E-state index in [0.29, 0.717) is 0 Å². The van der Waals surface area contributed by atoms with E-state index >= 15 is 0 Å². The fourth-order valence-corrected chi connectivity index (χ4v) is 1.83. The zero-order valence-corrected chi connectivity index (χ0v) is 9.94. The summed E-state index contributed by atoms with van der Waals surface area (Å²) >= 11 is 5.82. The Balaban J connectivity index is 2.96. The molecule has 1 N–H and O–H groups in total. The van der Waals surface area contributed by atoms with Gasteiger partial charge in [0, 0.05) is 14.6 Å². The van der Waals surface area contributed by atoms with Gasteiger partial charge in [-0.25, -0.2) is 0 Å². The molecule has 1 aromatic carbocycles. The highest BCUT2D eigenvalue weighted by molar-refractivity contribution is 14.1. The normalized spacial score (nSPS) is 10.1. The van der Waals surface area contributed by atoms with Crippen LogP contribution in [0.1, 0.15) is 5.56 Å².